The second-order valence-corrected chi connectivity index (χ2v) is 5.70. The second kappa shape index (κ2) is 8.76. The van der Waals surface area contributed by atoms with Crippen molar-refractivity contribution in [1.29, 1.82) is 0 Å². The molecule has 0 fully saturated rings. The van der Waals surface area contributed by atoms with Crippen molar-refractivity contribution >= 4 is 12.0 Å². The maximum atomic E-state index is 12.3. The molecule has 0 aliphatic heterocycles. The molecule has 128 valence electrons. The molecule has 2 aromatic rings. The van der Waals surface area contributed by atoms with Gasteiger partial charge in [-0.2, -0.15) is 0 Å². The summed E-state index contributed by atoms with van der Waals surface area (Å²) in [5, 5.41) is 11.8. The monoisotopic (exact) mass is 330 g/mol. The number of nitrogens with one attached hydrogen (secondary N) is 1. The molecule has 0 radical (unpaired) electrons. The number of carbonyl (C=O) groups excluding carboxylic acids is 1. The van der Waals surface area contributed by atoms with Gasteiger partial charge in [-0.1, -0.05) is 30.3 Å². The molecular formula is C18H22N2O4. The summed E-state index contributed by atoms with van der Waals surface area (Å²) in [6, 6.07) is 12.8. The van der Waals surface area contributed by atoms with Crippen molar-refractivity contribution in [2.75, 3.05) is 7.05 Å². The van der Waals surface area contributed by atoms with Crippen molar-refractivity contribution in [3.8, 4) is 0 Å². The van der Waals surface area contributed by atoms with Gasteiger partial charge in [0, 0.05) is 19.5 Å². The fourth-order valence-corrected chi connectivity index (χ4v) is 2.41. The van der Waals surface area contributed by atoms with Gasteiger partial charge in [0.15, 0.2) is 0 Å². The largest absolute Gasteiger partial charge is 0.481 e. The maximum absolute atomic E-state index is 12.3. The summed E-state index contributed by atoms with van der Waals surface area (Å²) < 4.78 is 5.23. The fraction of sp³-hybridized carbons (Fsp3) is 0.333. The Morgan fingerprint density at radius 2 is 1.96 bits per heavy atom. The van der Waals surface area contributed by atoms with Gasteiger partial charge >= 0.3 is 12.0 Å². The van der Waals surface area contributed by atoms with Crippen LogP contribution in [0.4, 0.5) is 4.79 Å². The molecule has 0 aliphatic carbocycles. The van der Waals surface area contributed by atoms with Crippen LogP contribution in [0.5, 0.6) is 0 Å². The smallest absolute Gasteiger partial charge is 0.317 e. The number of carboxylic acid groups (broad SMARTS) is 1. The summed E-state index contributed by atoms with van der Waals surface area (Å²) in [4.78, 5) is 24.7. The summed E-state index contributed by atoms with van der Waals surface area (Å²) in [5.41, 5.74) is 1.06. The molecular weight excluding hydrogens is 308 g/mol. The first-order valence-electron chi connectivity index (χ1n) is 7.84. The van der Waals surface area contributed by atoms with Crippen LogP contribution in [0.3, 0.4) is 0 Å². The van der Waals surface area contributed by atoms with Crippen molar-refractivity contribution < 1.29 is 19.1 Å². The Balaban J connectivity index is 1.95. The van der Waals surface area contributed by atoms with Crippen LogP contribution in [0.15, 0.2) is 53.1 Å². The highest BCUT2D eigenvalue weighted by Gasteiger charge is 2.18. The third-order valence-corrected chi connectivity index (χ3v) is 3.68. The van der Waals surface area contributed by atoms with E-state index in [1.54, 1.807) is 25.4 Å². The molecule has 0 saturated heterocycles. The van der Waals surface area contributed by atoms with Crippen molar-refractivity contribution in [1.82, 2.24) is 10.2 Å². The molecule has 0 aliphatic rings. The molecule has 6 nitrogen and oxygen atoms in total. The number of amides is 2. The number of nitrogens with zero attached hydrogens (tertiary/aromatic N) is 1. The van der Waals surface area contributed by atoms with Crippen LogP contribution in [0.2, 0.25) is 0 Å². The molecule has 1 unspecified atom stereocenters. The lowest BCUT2D eigenvalue weighted by molar-refractivity contribution is -0.137. The third kappa shape index (κ3) is 5.79. The van der Waals surface area contributed by atoms with Gasteiger partial charge in [0.25, 0.3) is 0 Å². The Morgan fingerprint density at radius 3 is 2.58 bits per heavy atom. The number of aliphatic carboxylic acids is 1. The Labute approximate surface area is 141 Å². The highest BCUT2D eigenvalue weighted by Crippen LogP contribution is 2.10. The van der Waals surface area contributed by atoms with Crippen molar-refractivity contribution in [3.05, 3.63) is 60.1 Å². The highest BCUT2D eigenvalue weighted by molar-refractivity contribution is 5.74. The number of rotatable bonds is 8. The lowest BCUT2D eigenvalue weighted by atomic mass is 10.0. The predicted octanol–water partition coefficient (Wildman–Crippen LogP) is 2.90. The molecule has 6 heteroatoms. The van der Waals surface area contributed by atoms with Gasteiger partial charge in [-0.25, -0.2) is 4.79 Å². The maximum Gasteiger partial charge on any atom is 0.317 e. The van der Waals surface area contributed by atoms with Crippen LogP contribution < -0.4 is 5.32 Å². The third-order valence-electron chi connectivity index (χ3n) is 3.68. The quantitative estimate of drug-likeness (QED) is 0.779. The highest BCUT2D eigenvalue weighted by atomic mass is 16.4. The Bertz CT molecular complexity index is 640. The number of hydrogen-bond donors (Lipinski definition) is 2. The van der Waals surface area contributed by atoms with E-state index >= 15 is 0 Å². The average molecular weight is 330 g/mol. The molecule has 1 aromatic carbocycles. The lowest BCUT2D eigenvalue weighted by Gasteiger charge is -2.23. The van der Waals surface area contributed by atoms with E-state index in [2.05, 4.69) is 5.32 Å². The number of carboxylic acids is 1. The minimum atomic E-state index is -0.869. The summed E-state index contributed by atoms with van der Waals surface area (Å²) in [6.45, 7) is 0.357. The number of hydrogen-bond acceptors (Lipinski definition) is 3. The Kier molecular flexibility index (Phi) is 6.42. The zero-order chi connectivity index (χ0) is 17.4. The summed E-state index contributed by atoms with van der Waals surface area (Å²) in [5.74, 6) is -0.177. The van der Waals surface area contributed by atoms with E-state index in [-0.39, 0.29) is 18.5 Å². The molecule has 1 aromatic heterocycles. The molecule has 2 amide bonds. The number of furan rings is 1. The average Bonchev–Trinajstić information content (AvgIpc) is 3.06. The van der Waals surface area contributed by atoms with Crippen LogP contribution in [0, 0.1) is 0 Å². The van der Waals surface area contributed by atoms with Crippen LogP contribution in [-0.2, 0) is 17.8 Å². The van der Waals surface area contributed by atoms with Crippen LogP contribution >= 0.6 is 0 Å². The molecule has 2 N–H and O–H groups in total. The Hall–Kier alpha value is -2.76. The van der Waals surface area contributed by atoms with E-state index in [9.17, 15) is 9.59 Å². The van der Waals surface area contributed by atoms with Gasteiger partial charge in [0.2, 0.25) is 0 Å². The van der Waals surface area contributed by atoms with Gasteiger partial charge in [-0.05, 0) is 30.5 Å². The molecule has 0 bridgehead atoms. The normalized spacial score (nSPS) is 11.7. The molecule has 0 saturated carbocycles. The SMILES string of the molecule is CN(Cc1ccco1)C(=O)NC(CCC(=O)O)Cc1ccccc1. The van der Waals surface area contributed by atoms with Crippen LogP contribution in [-0.4, -0.2) is 35.1 Å². The number of benzene rings is 1. The van der Waals surface area contributed by atoms with Gasteiger partial charge < -0.3 is 19.7 Å². The fourth-order valence-electron chi connectivity index (χ4n) is 2.41. The number of urea groups is 1. The minimum Gasteiger partial charge on any atom is -0.481 e. The van der Waals surface area contributed by atoms with Gasteiger partial charge in [-0.3, -0.25) is 4.79 Å². The summed E-state index contributed by atoms with van der Waals surface area (Å²) in [6.07, 6.45) is 2.55. The van der Waals surface area contributed by atoms with Gasteiger partial charge in [-0.15, -0.1) is 0 Å². The summed E-state index contributed by atoms with van der Waals surface area (Å²) >= 11 is 0. The van der Waals surface area contributed by atoms with E-state index in [1.165, 1.54) is 4.90 Å². The van der Waals surface area contributed by atoms with Crippen LogP contribution in [0.25, 0.3) is 0 Å². The molecule has 1 atom stereocenters. The first-order valence-corrected chi connectivity index (χ1v) is 7.84. The van der Waals surface area contributed by atoms with Crippen molar-refractivity contribution in [2.24, 2.45) is 0 Å². The first kappa shape index (κ1) is 17.6. The summed E-state index contributed by atoms with van der Waals surface area (Å²) in [7, 11) is 1.68. The standard InChI is InChI=1S/C18H22N2O4/c1-20(13-16-8-5-11-24-16)18(23)19-15(9-10-17(21)22)12-14-6-3-2-4-7-14/h2-8,11,15H,9-10,12-13H2,1H3,(H,19,23)(H,21,22). The first-order chi connectivity index (χ1) is 11.5. The minimum absolute atomic E-state index is 0.0136. The van der Waals surface area contributed by atoms with Gasteiger partial charge in [0.05, 0.1) is 12.8 Å². The molecule has 0 spiro atoms. The van der Waals surface area contributed by atoms with E-state index in [0.717, 1.165) is 5.56 Å². The number of carbonyl (C=O) groups is 2. The van der Waals surface area contributed by atoms with Gasteiger partial charge in [0.1, 0.15) is 5.76 Å². The van der Waals surface area contributed by atoms with Crippen LogP contribution in [0.1, 0.15) is 24.2 Å². The lowest BCUT2D eigenvalue weighted by Crippen LogP contribution is -2.43. The molecule has 24 heavy (non-hydrogen) atoms. The van der Waals surface area contributed by atoms with E-state index < -0.39 is 5.97 Å². The van der Waals surface area contributed by atoms with Crippen molar-refractivity contribution in [3.63, 3.8) is 0 Å². The van der Waals surface area contributed by atoms with Crippen molar-refractivity contribution in [2.45, 2.75) is 31.8 Å². The topological polar surface area (TPSA) is 82.8 Å². The molecule has 2 rings (SSSR count). The molecule has 1 heterocycles. The van der Waals surface area contributed by atoms with E-state index in [1.807, 2.05) is 30.3 Å². The second-order valence-electron chi connectivity index (χ2n) is 5.70. The predicted molar refractivity (Wildman–Crippen MR) is 89.5 cm³/mol. The zero-order valence-electron chi connectivity index (χ0n) is 13.6. The van der Waals surface area contributed by atoms with E-state index in [0.29, 0.717) is 25.1 Å². The van der Waals surface area contributed by atoms with E-state index in [4.69, 9.17) is 9.52 Å². The zero-order valence-corrected chi connectivity index (χ0v) is 13.6. The Morgan fingerprint density at radius 1 is 1.21 bits per heavy atom.